The third-order valence-electron chi connectivity index (χ3n) is 3.86. The summed E-state index contributed by atoms with van der Waals surface area (Å²) in [5.41, 5.74) is 6.07. The Morgan fingerprint density at radius 2 is 2.00 bits per heavy atom. The van der Waals surface area contributed by atoms with Crippen LogP contribution in [0.5, 0.6) is 0 Å². The van der Waals surface area contributed by atoms with Gasteiger partial charge in [-0.25, -0.2) is 13.1 Å². The molecule has 21 heavy (non-hydrogen) atoms. The molecule has 1 aromatic carbocycles. The zero-order chi connectivity index (χ0) is 15.3. The maximum absolute atomic E-state index is 12.2. The lowest BCUT2D eigenvalue weighted by Gasteiger charge is -2.11. The van der Waals surface area contributed by atoms with Crippen molar-refractivity contribution >= 4 is 10.0 Å². The van der Waals surface area contributed by atoms with E-state index in [2.05, 4.69) is 23.5 Å². The van der Waals surface area contributed by atoms with Crippen LogP contribution >= 0.6 is 0 Å². The molecule has 3 N–H and O–H groups in total. The Labute approximate surface area is 127 Å². The van der Waals surface area contributed by atoms with Gasteiger partial charge in [0.25, 0.3) is 0 Å². The van der Waals surface area contributed by atoms with Crippen LogP contribution in [0, 0.1) is 23.7 Å². The summed E-state index contributed by atoms with van der Waals surface area (Å²) >= 11 is 0. The Hall–Kier alpha value is -1.35. The molecule has 1 aromatic rings. The summed E-state index contributed by atoms with van der Waals surface area (Å²) in [4.78, 5) is 0.284. The molecule has 2 unspecified atom stereocenters. The first-order valence-electron chi connectivity index (χ1n) is 7.30. The molecule has 0 heterocycles. The van der Waals surface area contributed by atoms with Gasteiger partial charge in [-0.2, -0.15) is 0 Å². The zero-order valence-corrected chi connectivity index (χ0v) is 13.1. The van der Waals surface area contributed by atoms with E-state index in [1.54, 1.807) is 24.3 Å². The van der Waals surface area contributed by atoms with E-state index in [0.717, 1.165) is 18.4 Å². The van der Waals surface area contributed by atoms with Crippen LogP contribution in [0.1, 0.15) is 31.7 Å². The highest BCUT2D eigenvalue weighted by Crippen LogP contribution is 2.29. The van der Waals surface area contributed by atoms with Gasteiger partial charge in [-0.15, -0.1) is 0 Å². The van der Waals surface area contributed by atoms with E-state index in [1.165, 1.54) is 6.42 Å². The van der Waals surface area contributed by atoms with Crippen LogP contribution in [0.25, 0.3) is 0 Å². The molecule has 0 aromatic heterocycles. The Morgan fingerprint density at radius 3 is 2.57 bits per heavy atom. The van der Waals surface area contributed by atoms with Crippen molar-refractivity contribution in [3.63, 3.8) is 0 Å². The topological polar surface area (TPSA) is 72.2 Å². The first-order valence-corrected chi connectivity index (χ1v) is 8.78. The minimum absolute atomic E-state index is 0.284. The van der Waals surface area contributed by atoms with Crippen LogP contribution in [-0.4, -0.2) is 21.5 Å². The van der Waals surface area contributed by atoms with Crippen molar-refractivity contribution < 1.29 is 8.42 Å². The van der Waals surface area contributed by atoms with Crippen molar-refractivity contribution in [2.75, 3.05) is 13.1 Å². The predicted octanol–water partition coefficient (Wildman–Crippen LogP) is 1.71. The molecule has 1 aliphatic rings. The summed E-state index contributed by atoms with van der Waals surface area (Å²) in [7, 11) is -3.43. The smallest absolute Gasteiger partial charge is 0.240 e. The van der Waals surface area contributed by atoms with Gasteiger partial charge in [-0.05, 0) is 48.9 Å². The van der Waals surface area contributed by atoms with Gasteiger partial charge >= 0.3 is 0 Å². The van der Waals surface area contributed by atoms with Crippen LogP contribution < -0.4 is 10.5 Å². The molecule has 2 rings (SSSR count). The molecule has 5 heteroatoms. The highest BCUT2D eigenvalue weighted by molar-refractivity contribution is 7.89. The molecule has 0 aliphatic heterocycles. The second kappa shape index (κ2) is 7.08. The van der Waals surface area contributed by atoms with Crippen LogP contribution in [0.2, 0.25) is 0 Å². The highest BCUT2D eigenvalue weighted by atomic mass is 32.2. The Morgan fingerprint density at radius 1 is 1.29 bits per heavy atom. The maximum Gasteiger partial charge on any atom is 0.240 e. The number of nitrogens with one attached hydrogen (secondary N) is 1. The zero-order valence-electron chi connectivity index (χ0n) is 12.3. The number of rotatable bonds is 4. The molecule has 0 bridgehead atoms. The normalized spacial score (nSPS) is 21.8. The van der Waals surface area contributed by atoms with E-state index < -0.39 is 10.0 Å². The number of hydrogen-bond donors (Lipinski definition) is 2. The van der Waals surface area contributed by atoms with Gasteiger partial charge < -0.3 is 5.73 Å². The van der Waals surface area contributed by atoms with E-state index in [9.17, 15) is 8.42 Å². The van der Waals surface area contributed by atoms with E-state index in [4.69, 9.17) is 5.73 Å². The average Bonchev–Trinajstić information content (AvgIpc) is 2.89. The van der Waals surface area contributed by atoms with Gasteiger partial charge in [0.1, 0.15) is 0 Å². The summed E-state index contributed by atoms with van der Waals surface area (Å²) in [5.74, 6) is 6.79. The van der Waals surface area contributed by atoms with Crippen molar-refractivity contribution in [3.05, 3.63) is 29.8 Å². The minimum atomic E-state index is -3.43. The molecule has 1 aliphatic carbocycles. The van der Waals surface area contributed by atoms with E-state index in [-0.39, 0.29) is 4.90 Å². The number of hydrogen-bond acceptors (Lipinski definition) is 3. The van der Waals surface area contributed by atoms with Gasteiger partial charge in [-0.3, -0.25) is 0 Å². The van der Waals surface area contributed by atoms with Crippen molar-refractivity contribution in [2.45, 2.75) is 31.1 Å². The van der Waals surface area contributed by atoms with Gasteiger partial charge in [0.15, 0.2) is 0 Å². The Kier molecular flexibility index (Phi) is 5.40. The summed E-state index contributed by atoms with van der Waals surface area (Å²) in [6.45, 7) is 3.04. The average molecular weight is 306 g/mol. The van der Waals surface area contributed by atoms with Crippen molar-refractivity contribution in [1.29, 1.82) is 0 Å². The fourth-order valence-corrected chi connectivity index (χ4v) is 3.81. The molecule has 2 atom stereocenters. The molecule has 0 saturated heterocycles. The lowest BCUT2D eigenvalue weighted by molar-refractivity contribution is 0.498. The van der Waals surface area contributed by atoms with Crippen LogP contribution in [-0.2, 0) is 10.0 Å². The van der Waals surface area contributed by atoms with Crippen molar-refractivity contribution in [2.24, 2.45) is 17.6 Å². The van der Waals surface area contributed by atoms with Gasteiger partial charge in [0.05, 0.1) is 11.4 Å². The standard InChI is InChI=1S/C16H22N2O2S/c1-13-4-5-15(11-13)12-18-21(19,20)16-8-6-14(7-9-16)3-2-10-17/h6-9,13,15,18H,4-5,10-12,17H2,1H3. The fourth-order valence-electron chi connectivity index (χ4n) is 2.69. The minimum Gasteiger partial charge on any atom is -0.320 e. The Balaban J connectivity index is 1.98. The molecule has 0 radical (unpaired) electrons. The molecular weight excluding hydrogens is 284 g/mol. The highest BCUT2D eigenvalue weighted by Gasteiger charge is 2.23. The Bertz CT molecular complexity index is 626. The molecule has 114 valence electrons. The molecule has 1 fully saturated rings. The largest absolute Gasteiger partial charge is 0.320 e. The molecule has 0 amide bonds. The van der Waals surface area contributed by atoms with Gasteiger partial charge in [0, 0.05) is 12.1 Å². The van der Waals surface area contributed by atoms with E-state index >= 15 is 0 Å². The lowest BCUT2D eigenvalue weighted by Crippen LogP contribution is -2.28. The third kappa shape index (κ3) is 4.57. The predicted molar refractivity (Wildman–Crippen MR) is 84.1 cm³/mol. The summed E-state index contributed by atoms with van der Waals surface area (Å²) in [5, 5.41) is 0. The summed E-state index contributed by atoms with van der Waals surface area (Å²) in [6, 6.07) is 6.57. The van der Waals surface area contributed by atoms with Crippen molar-refractivity contribution in [1.82, 2.24) is 4.72 Å². The summed E-state index contributed by atoms with van der Waals surface area (Å²) in [6.07, 6.45) is 3.41. The third-order valence-corrected chi connectivity index (χ3v) is 5.30. The van der Waals surface area contributed by atoms with Crippen molar-refractivity contribution in [3.8, 4) is 11.8 Å². The van der Waals surface area contributed by atoms with Crippen LogP contribution in [0.3, 0.4) is 0 Å². The maximum atomic E-state index is 12.2. The number of nitrogens with two attached hydrogens (primary N) is 1. The number of benzene rings is 1. The second-order valence-electron chi connectivity index (χ2n) is 5.67. The molecule has 4 nitrogen and oxygen atoms in total. The van der Waals surface area contributed by atoms with Gasteiger partial charge in [0.2, 0.25) is 10.0 Å². The van der Waals surface area contributed by atoms with E-state index in [1.807, 2.05) is 0 Å². The first kappa shape index (κ1) is 16.0. The molecule has 0 spiro atoms. The molecule has 1 saturated carbocycles. The number of sulfonamides is 1. The quantitative estimate of drug-likeness (QED) is 0.832. The van der Waals surface area contributed by atoms with Gasteiger partial charge in [-0.1, -0.05) is 25.2 Å². The lowest BCUT2D eigenvalue weighted by atomic mass is 10.1. The van der Waals surface area contributed by atoms with Crippen LogP contribution in [0.4, 0.5) is 0 Å². The summed E-state index contributed by atoms with van der Waals surface area (Å²) < 4.78 is 27.2. The monoisotopic (exact) mass is 306 g/mol. The SMILES string of the molecule is CC1CCC(CNS(=O)(=O)c2ccc(C#CCN)cc2)C1. The van der Waals surface area contributed by atoms with E-state index in [0.29, 0.717) is 24.9 Å². The second-order valence-corrected chi connectivity index (χ2v) is 7.43. The first-order chi connectivity index (χ1) is 10.0. The van der Waals surface area contributed by atoms with Crippen LogP contribution in [0.15, 0.2) is 29.2 Å². The molecular formula is C16H22N2O2S. The fraction of sp³-hybridized carbons (Fsp3) is 0.500.